The molecule has 1 N–H and O–H groups in total. The maximum absolute atomic E-state index is 3.91. The molecule has 0 amide bonds. The summed E-state index contributed by atoms with van der Waals surface area (Å²) in [5.74, 6) is 0.890. The predicted octanol–water partition coefficient (Wildman–Crippen LogP) is 5.69. The van der Waals surface area contributed by atoms with Gasteiger partial charge in [-0.1, -0.05) is 36.7 Å². The molecule has 3 rings (SSSR count). The van der Waals surface area contributed by atoms with Gasteiger partial charge in [-0.3, -0.25) is 0 Å². The summed E-state index contributed by atoms with van der Waals surface area (Å²) in [5.41, 5.74) is 4.95. The number of hydrogen-bond acceptors (Lipinski definition) is 1. The lowest BCUT2D eigenvalue weighted by Gasteiger charge is -2.40. The Kier molecular flexibility index (Phi) is 3.25. The minimum Gasteiger partial charge on any atom is -0.381 e. The molecule has 1 nitrogen and oxygen atoms in total. The molecule has 3 unspecified atom stereocenters. The van der Waals surface area contributed by atoms with E-state index in [1.807, 2.05) is 0 Å². The van der Waals surface area contributed by atoms with E-state index in [0.717, 1.165) is 5.92 Å². The van der Waals surface area contributed by atoms with Crippen LogP contribution in [0.15, 0.2) is 16.6 Å². The third-order valence-corrected chi connectivity index (χ3v) is 7.07. The van der Waals surface area contributed by atoms with Crippen molar-refractivity contribution in [3.8, 4) is 0 Å². The summed E-state index contributed by atoms with van der Waals surface area (Å²) in [6.07, 6.45) is 4.12. The Morgan fingerprint density at radius 3 is 2.20 bits per heavy atom. The van der Waals surface area contributed by atoms with E-state index >= 15 is 0 Å². The number of anilines is 1. The zero-order chi connectivity index (χ0) is 14.7. The number of fused-ring (bicyclic) bond motifs is 2. The van der Waals surface area contributed by atoms with Crippen LogP contribution in [-0.2, 0) is 0 Å². The van der Waals surface area contributed by atoms with Gasteiger partial charge in [0.25, 0.3) is 0 Å². The fourth-order valence-corrected chi connectivity index (χ4v) is 5.42. The maximum atomic E-state index is 3.91. The molecule has 2 fully saturated rings. The van der Waals surface area contributed by atoms with E-state index in [2.05, 4.69) is 68.0 Å². The highest BCUT2D eigenvalue weighted by molar-refractivity contribution is 9.10. The normalized spacial score (nSPS) is 34.5. The average molecular weight is 336 g/mol. The van der Waals surface area contributed by atoms with Gasteiger partial charge < -0.3 is 5.32 Å². The molecule has 1 aromatic rings. The van der Waals surface area contributed by atoms with Crippen molar-refractivity contribution in [3.63, 3.8) is 0 Å². The molecule has 2 bridgehead atoms. The van der Waals surface area contributed by atoms with E-state index in [4.69, 9.17) is 0 Å². The van der Waals surface area contributed by atoms with Gasteiger partial charge >= 0.3 is 0 Å². The largest absolute Gasteiger partial charge is 0.381 e. The molecule has 2 saturated carbocycles. The van der Waals surface area contributed by atoms with Crippen molar-refractivity contribution in [2.45, 2.75) is 59.9 Å². The zero-order valence-electron chi connectivity index (χ0n) is 13.3. The lowest BCUT2D eigenvalue weighted by Crippen LogP contribution is -2.40. The number of benzene rings is 1. The second kappa shape index (κ2) is 4.50. The van der Waals surface area contributed by atoms with Crippen molar-refractivity contribution in [2.75, 3.05) is 5.32 Å². The molecule has 2 heteroatoms. The first-order valence-electron chi connectivity index (χ1n) is 7.79. The van der Waals surface area contributed by atoms with Gasteiger partial charge in [0.1, 0.15) is 0 Å². The smallest absolute Gasteiger partial charge is 0.0402 e. The maximum Gasteiger partial charge on any atom is 0.0402 e. The highest BCUT2D eigenvalue weighted by Crippen LogP contribution is 2.66. The summed E-state index contributed by atoms with van der Waals surface area (Å²) >= 11 is 3.59. The van der Waals surface area contributed by atoms with Crippen molar-refractivity contribution < 1.29 is 0 Å². The minimum absolute atomic E-state index is 0.434. The van der Waals surface area contributed by atoms with Crippen molar-refractivity contribution in [1.29, 1.82) is 0 Å². The summed E-state index contributed by atoms with van der Waals surface area (Å²) < 4.78 is 1.18. The van der Waals surface area contributed by atoms with E-state index in [1.54, 1.807) is 0 Å². The van der Waals surface area contributed by atoms with Crippen molar-refractivity contribution in [1.82, 2.24) is 0 Å². The van der Waals surface area contributed by atoms with Crippen molar-refractivity contribution >= 4 is 21.6 Å². The molecule has 110 valence electrons. The van der Waals surface area contributed by atoms with Crippen LogP contribution in [0, 0.1) is 30.6 Å². The summed E-state index contributed by atoms with van der Waals surface area (Å²) in [7, 11) is 0. The highest BCUT2D eigenvalue weighted by Gasteiger charge is 2.61. The van der Waals surface area contributed by atoms with Crippen LogP contribution < -0.4 is 5.32 Å². The molecule has 20 heavy (non-hydrogen) atoms. The van der Waals surface area contributed by atoms with Gasteiger partial charge in [0.15, 0.2) is 0 Å². The number of aryl methyl sites for hydroxylation is 2. The number of halogens is 1. The van der Waals surface area contributed by atoms with Crippen LogP contribution in [0.5, 0.6) is 0 Å². The first-order chi connectivity index (χ1) is 9.25. The van der Waals surface area contributed by atoms with Crippen LogP contribution in [0.3, 0.4) is 0 Å². The van der Waals surface area contributed by atoms with Crippen molar-refractivity contribution in [2.24, 2.45) is 16.7 Å². The second-order valence-electron chi connectivity index (χ2n) is 7.72. The zero-order valence-corrected chi connectivity index (χ0v) is 14.9. The SMILES string of the molecule is Cc1cc(Br)cc(C)c1NC1CC2CCC1(C)C2(C)C. The van der Waals surface area contributed by atoms with Crippen molar-refractivity contribution in [3.05, 3.63) is 27.7 Å². The second-order valence-corrected chi connectivity index (χ2v) is 8.64. The van der Waals surface area contributed by atoms with Gasteiger partial charge in [-0.05, 0) is 73.1 Å². The van der Waals surface area contributed by atoms with E-state index in [-0.39, 0.29) is 0 Å². The van der Waals surface area contributed by atoms with Crippen LogP contribution in [-0.4, -0.2) is 6.04 Å². The van der Waals surface area contributed by atoms with E-state index in [0.29, 0.717) is 16.9 Å². The molecule has 1 aromatic carbocycles. The Hall–Kier alpha value is -0.500. The van der Waals surface area contributed by atoms with Crippen LogP contribution >= 0.6 is 15.9 Å². The minimum atomic E-state index is 0.434. The highest BCUT2D eigenvalue weighted by atomic mass is 79.9. The Morgan fingerprint density at radius 2 is 1.75 bits per heavy atom. The molecule has 0 aromatic heterocycles. The molecule has 3 atom stereocenters. The Morgan fingerprint density at radius 1 is 1.15 bits per heavy atom. The average Bonchev–Trinajstić information content (AvgIpc) is 2.66. The third-order valence-electron chi connectivity index (χ3n) is 6.61. The molecule has 2 aliphatic rings. The topological polar surface area (TPSA) is 12.0 Å². The van der Waals surface area contributed by atoms with Crippen LogP contribution in [0.25, 0.3) is 0 Å². The van der Waals surface area contributed by atoms with Crippen LogP contribution in [0.4, 0.5) is 5.69 Å². The fourth-order valence-electron chi connectivity index (χ4n) is 4.73. The lowest BCUT2D eigenvalue weighted by atomic mass is 9.69. The molecular formula is C18H26BrN. The van der Waals surface area contributed by atoms with E-state index in [9.17, 15) is 0 Å². The quantitative estimate of drug-likeness (QED) is 0.731. The summed E-state index contributed by atoms with van der Waals surface area (Å²) in [5, 5.41) is 3.91. The van der Waals surface area contributed by atoms with E-state index in [1.165, 1.54) is 40.5 Å². The Balaban J connectivity index is 1.91. The Labute approximate surface area is 131 Å². The molecule has 0 saturated heterocycles. The van der Waals surface area contributed by atoms with Gasteiger partial charge in [-0.15, -0.1) is 0 Å². The predicted molar refractivity (Wildman–Crippen MR) is 90.3 cm³/mol. The lowest BCUT2D eigenvalue weighted by molar-refractivity contribution is 0.142. The van der Waals surface area contributed by atoms with Gasteiger partial charge in [0.2, 0.25) is 0 Å². The molecule has 0 heterocycles. The summed E-state index contributed by atoms with van der Waals surface area (Å²) in [6, 6.07) is 5.06. The Bertz CT molecular complexity index is 525. The monoisotopic (exact) mass is 335 g/mol. The third kappa shape index (κ3) is 1.87. The number of rotatable bonds is 2. The first-order valence-corrected chi connectivity index (χ1v) is 8.58. The summed E-state index contributed by atoms with van der Waals surface area (Å²) in [6.45, 7) is 11.9. The van der Waals surface area contributed by atoms with Gasteiger partial charge in [0, 0.05) is 16.2 Å². The number of nitrogens with one attached hydrogen (secondary N) is 1. The molecule has 0 spiro atoms. The van der Waals surface area contributed by atoms with Gasteiger partial charge in [0.05, 0.1) is 0 Å². The molecule has 0 radical (unpaired) electrons. The van der Waals surface area contributed by atoms with Gasteiger partial charge in [-0.25, -0.2) is 0 Å². The van der Waals surface area contributed by atoms with Crippen LogP contribution in [0.1, 0.15) is 51.2 Å². The van der Waals surface area contributed by atoms with Crippen LogP contribution in [0.2, 0.25) is 0 Å². The van der Waals surface area contributed by atoms with E-state index < -0.39 is 0 Å². The molecular weight excluding hydrogens is 310 g/mol. The number of hydrogen-bond donors (Lipinski definition) is 1. The fraction of sp³-hybridized carbons (Fsp3) is 0.667. The standard InChI is InChI=1S/C18H26BrN/c1-11-8-14(19)9-12(2)16(11)20-15-10-13-6-7-18(15,5)17(13,3)4/h8-9,13,15,20H,6-7,10H2,1-5H3. The molecule has 0 aliphatic heterocycles. The summed E-state index contributed by atoms with van der Waals surface area (Å²) in [4.78, 5) is 0. The van der Waals surface area contributed by atoms with Gasteiger partial charge in [-0.2, -0.15) is 0 Å². The molecule has 2 aliphatic carbocycles. The first kappa shape index (κ1) is 14.4.